The molecule has 0 fully saturated rings. The van der Waals surface area contributed by atoms with Gasteiger partial charge in [0.15, 0.2) is 5.78 Å². The fourth-order valence-electron chi connectivity index (χ4n) is 2.77. The summed E-state index contributed by atoms with van der Waals surface area (Å²) in [5.41, 5.74) is 0.987. The molecule has 0 saturated carbocycles. The molecule has 0 spiro atoms. The van der Waals surface area contributed by atoms with Gasteiger partial charge in [0, 0.05) is 24.3 Å². The Morgan fingerprint density at radius 1 is 1.08 bits per heavy atom. The van der Waals surface area contributed by atoms with Crippen LogP contribution in [0.4, 0.5) is 0 Å². The Morgan fingerprint density at radius 3 is 2.19 bits per heavy atom. The Labute approximate surface area is 153 Å². The lowest BCUT2D eigenvalue weighted by Gasteiger charge is -2.31. The minimum Gasteiger partial charge on any atom is -0.500 e. The fourth-order valence-corrected chi connectivity index (χ4v) is 2.77. The molecular formula is C20H24O6. The Hall–Kier alpha value is -2.57. The monoisotopic (exact) mass is 360 g/mol. The molecule has 0 saturated heterocycles. The number of benzene rings is 1. The first-order valence-corrected chi connectivity index (χ1v) is 8.06. The van der Waals surface area contributed by atoms with Crippen LogP contribution in [0.3, 0.4) is 0 Å². The minimum atomic E-state index is -1.50. The number of hydrogen-bond donors (Lipinski definition) is 1. The molecule has 6 heteroatoms. The number of aliphatic hydroxyl groups is 1. The van der Waals surface area contributed by atoms with Gasteiger partial charge in [-0.05, 0) is 31.2 Å². The van der Waals surface area contributed by atoms with Crippen molar-refractivity contribution in [3.8, 4) is 11.5 Å². The van der Waals surface area contributed by atoms with Crippen LogP contribution in [-0.4, -0.2) is 45.1 Å². The molecule has 0 radical (unpaired) electrons. The van der Waals surface area contributed by atoms with E-state index in [1.165, 1.54) is 34.5 Å². The molecule has 1 aromatic carbocycles. The van der Waals surface area contributed by atoms with Crippen molar-refractivity contribution >= 4 is 5.78 Å². The van der Waals surface area contributed by atoms with Gasteiger partial charge < -0.3 is 24.1 Å². The number of rotatable bonds is 7. The van der Waals surface area contributed by atoms with E-state index in [0.717, 1.165) is 0 Å². The zero-order valence-electron chi connectivity index (χ0n) is 15.6. The highest BCUT2D eigenvalue weighted by atomic mass is 16.6. The van der Waals surface area contributed by atoms with Crippen molar-refractivity contribution in [2.45, 2.75) is 12.7 Å². The lowest BCUT2D eigenvalue weighted by molar-refractivity contribution is -0.120. The molecule has 1 aliphatic carbocycles. The molecule has 2 unspecified atom stereocenters. The molecule has 1 aromatic rings. The topological polar surface area (TPSA) is 74.2 Å². The van der Waals surface area contributed by atoms with Gasteiger partial charge in [-0.1, -0.05) is 12.2 Å². The second-order valence-electron chi connectivity index (χ2n) is 5.80. The molecule has 1 N–H and O–H groups in total. The van der Waals surface area contributed by atoms with Crippen molar-refractivity contribution in [1.29, 1.82) is 0 Å². The van der Waals surface area contributed by atoms with Crippen molar-refractivity contribution in [2.24, 2.45) is 5.92 Å². The van der Waals surface area contributed by atoms with E-state index in [9.17, 15) is 9.90 Å². The molecule has 1 aliphatic rings. The van der Waals surface area contributed by atoms with E-state index < -0.39 is 5.79 Å². The van der Waals surface area contributed by atoms with E-state index in [2.05, 4.69) is 0 Å². The molecule has 0 aromatic heterocycles. The van der Waals surface area contributed by atoms with Gasteiger partial charge in [0.2, 0.25) is 5.79 Å². The van der Waals surface area contributed by atoms with Crippen molar-refractivity contribution in [3.63, 3.8) is 0 Å². The first-order chi connectivity index (χ1) is 12.4. The molecule has 2 rings (SSSR count). The number of carbonyl (C=O) groups is 1. The summed E-state index contributed by atoms with van der Waals surface area (Å²) in [4.78, 5) is 12.5. The van der Waals surface area contributed by atoms with Crippen LogP contribution in [0.5, 0.6) is 11.5 Å². The molecule has 2 atom stereocenters. The van der Waals surface area contributed by atoms with Crippen molar-refractivity contribution in [1.82, 2.24) is 0 Å². The SMILES string of the molecule is COC1=C(C)C(O)(OC)C=CC1/C=C/C(=O)c1cc(OC)cc(OC)c1. The first kappa shape index (κ1) is 19.8. The number of hydrogen-bond acceptors (Lipinski definition) is 6. The third-order valence-electron chi connectivity index (χ3n) is 4.36. The summed E-state index contributed by atoms with van der Waals surface area (Å²) >= 11 is 0. The van der Waals surface area contributed by atoms with Crippen LogP contribution < -0.4 is 9.47 Å². The van der Waals surface area contributed by atoms with Gasteiger partial charge in [0.05, 0.1) is 27.2 Å². The van der Waals surface area contributed by atoms with Gasteiger partial charge in [-0.3, -0.25) is 4.79 Å². The molecule has 0 amide bonds. The molecule has 26 heavy (non-hydrogen) atoms. The number of ketones is 1. The van der Waals surface area contributed by atoms with E-state index in [4.69, 9.17) is 18.9 Å². The zero-order chi connectivity index (χ0) is 19.3. The molecule has 6 nitrogen and oxygen atoms in total. The molecule has 0 heterocycles. The fraction of sp³-hybridized carbons (Fsp3) is 0.350. The van der Waals surface area contributed by atoms with Crippen molar-refractivity contribution < 1.29 is 28.8 Å². The average Bonchev–Trinajstić information content (AvgIpc) is 2.68. The van der Waals surface area contributed by atoms with Gasteiger partial charge in [-0.15, -0.1) is 0 Å². The largest absolute Gasteiger partial charge is 0.500 e. The van der Waals surface area contributed by atoms with E-state index >= 15 is 0 Å². The normalized spacial score (nSPS) is 22.6. The molecule has 0 bridgehead atoms. The lowest BCUT2D eigenvalue weighted by atomic mass is 9.90. The van der Waals surface area contributed by atoms with Crippen molar-refractivity contribution in [2.75, 3.05) is 28.4 Å². The quantitative estimate of drug-likeness (QED) is 0.349. The predicted octanol–water partition coefficient (Wildman–Crippen LogP) is 2.88. The maximum atomic E-state index is 12.5. The van der Waals surface area contributed by atoms with Gasteiger partial charge in [-0.2, -0.15) is 0 Å². The van der Waals surface area contributed by atoms with Crippen LogP contribution in [-0.2, 0) is 9.47 Å². The number of carbonyl (C=O) groups excluding carboxylic acids is 1. The van der Waals surface area contributed by atoms with E-state index in [-0.39, 0.29) is 11.7 Å². The van der Waals surface area contributed by atoms with E-state index in [1.807, 2.05) is 0 Å². The highest BCUT2D eigenvalue weighted by Gasteiger charge is 2.34. The standard InChI is InChI=1S/C20H24O6/c1-13-19(25-4)14(8-9-20(13,22)26-5)6-7-18(21)15-10-16(23-2)12-17(11-15)24-3/h6-12,14,22H,1-5H3/b7-6+. The highest BCUT2D eigenvalue weighted by Crippen LogP contribution is 2.33. The summed E-state index contributed by atoms with van der Waals surface area (Å²) in [7, 11) is 5.99. The summed E-state index contributed by atoms with van der Waals surface area (Å²) in [6.07, 6.45) is 6.44. The van der Waals surface area contributed by atoms with Crippen LogP contribution >= 0.6 is 0 Å². The molecule has 140 valence electrons. The number of ether oxygens (including phenoxy) is 4. The predicted molar refractivity (Wildman–Crippen MR) is 97.3 cm³/mol. The van der Waals surface area contributed by atoms with Gasteiger partial charge in [0.25, 0.3) is 0 Å². The Morgan fingerprint density at radius 2 is 1.69 bits per heavy atom. The molecule has 0 aliphatic heterocycles. The third-order valence-corrected chi connectivity index (χ3v) is 4.36. The van der Waals surface area contributed by atoms with Gasteiger partial charge in [-0.25, -0.2) is 0 Å². The Bertz CT molecular complexity index is 739. The maximum absolute atomic E-state index is 12.5. The minimum absolute atomic E-state index is 0.198. The van der Waals surface area contributed by atoms with Gasteiger partial charge >= 0.3 is 0 Å². The summed E-state index contributed by atoms with van der Waals surface area (Å²) in [5, 5.41) is 10.4. The van der Waals surface area contributed by atoms with E-state index in [0.29, 0.717) is 28.4 Å². The zero-order valence-corrected chi connectivity index (χ0v) is 15.6. The summed E-state index contributed by atoms with van der Waals surface area (Å²) < 4.78 is 20.9. The summed E-state index contributed by atoms with van der Waals surface area (Å²) in [6.45, 7) is 1.72. The van der Waals surface area contributed by atoms with Crippen LogP contribution in [0.15, 0.2) is 53.8 Å². The third kappa shape index (κ3) is 3.98. The maximum Gasteiger partial charge on any atom is 0.211 e. The smallest absolute Gasteiger partial charge is 0.211 e. The first-order valence-electron chi connectivity index (χ1n) is 8.06. The summed E-state index contributed by atoms with van der Waals surface area (Å²) in [6, 6.07) is 4.99. The number of methoxy groups -OCH3 is 4. The Balaban J connectivity index is 2.27. The van der Waals surface area contributed by atoms with Crippen LogP contribution in [0.2, 0.25) is 0 Å². The number of allylic oxidation sites excluding steroid dienone is 2. The molecular weight excluding hydrogens is 336 g/mol. The highest BCUT2D eigenvalue weighted by molar-refractivity contribution is 6.05. The van der Waals surface area contributed by atoms with Crippen LogP contribution in [0.25, 0.3) is 0 Å². The average molecular weight is 360 g/mol. The summed E-state index contributed by atoms with van der Waals surface area (Å²) in [5.74, 6) is -0.374. The lowest BCUT2D eigenvalue weighted by Crippen LogP contribution is -2.34. The second kappa shape index (κ2) is 8.21. The van der Waals surface area contributed by atoms with Crippen LogP contribution in [0, 0.1) is 5.92 Å². The van der Waals surface area contributed by atoms with Gasteiger partial charge in [0.1, 0.15) is 17.3 Å². The Kier molecular flexibility index (Phi) is 6.23. The van der Waals surface area contributed by atoms with E-state index in [1.54, 1.807) is 43.4 Å². The van der Waals surface area contributed by atoms with Crippen molar-refractivity contribution in [3.05, 3.63) is 59.4 Å². The van der Waals surface area contributed by atoms with Crippen LogP contribution in [0.1, 0.15) is 17.3 Å². The second-order valence-corrected chi connectivity index (χ2v) is 5.80.